The maximum absolute atomic E-state index is 9.19. The van der Waals surface area contributed by atoms with E-state index in [0.717, 1.165) is 43.3 Å². The molecule has 0 saturated carbocycles. The van der Waals surface area contributed by atoms with Crippen LogP contribution in [-0.4, -0.2) is 44.2 Å². The Morgan fingerprint density at radius 1 is 1.38 bits per heavy atom. The third-order valence-corrected chi connectivity index (χ3v) is 4.13. The molecular formula is C16H22N4O. The summed E-state index contributed by atoms with van der Waals surface area (Å²) < 4.78 is 2.05. The number of aliphatic hydroxyl groups is 1. The van der Waals surface area contributed by atoms with Crippen LogP contribution in [0.4, 0.5) is 0 Å². The molecule has 2 aromatic rings. The SMILES string of the molecule is CCc1nccn1-c1cccc([C@@H]2CCCN2CCO)n1. The number of hydrogen-bond acceptors (Lipinski definition) is 4. The first-order chi connectivity index (χ1) is 10.3. The Morgan fingerprint density at radius 3 is 3.10 bits per heavy atom. The van der Waals surface area contributed by atoms with E-state index in [0.29, 0.717) is 6.04 Å². The van der Waals surface area contributed by atoms with Gasteiger partial charge in [-0.2, -0.15) is 0 Å². The molecule has 1 aliphatic heterocycles. The smallest absolute Gasteiger partial charge is 0.138 e. The third kappa shape index (κ3) is 2.84. The van der Waals surface area contributed by atoms with Crippen molar-refractivity contribution in [2.45, 2.75) is 32.2 Å². The highest BCUT2D eigenvalue weighted by atomic mass is 16.3. The molecule has 1 N–H and O–H groups in total. The zero-order valence-corrected chi connectivity index (χ0v) is 12.4. The van der Waals surface area contributed by atoms with E-state index in [1.54, 1.807) is 0 Å². The molecule has 0 radical (unpaired) electrons. The molecule has 0 spiro atoms. The number of aromatic nitrogens is 3. The summed E-state index contributed by atoms with van der Waals surface area (Å²) in [5.74, 6) is 1.95. The number of hydrogen-bond donors (Lipinski definition) is 1. The van der Waals surface area contributed by atoms with Gasteiger partial charge in [-0.3, -0.25) is 9.47 Å². The van der Waals surface area contributed by atoms with E-state index >= 15 is 0 Å². The third-order valence-electron chi connectivity index (χ3n) is 4.13. The van der Waals surface area contributed by atoms with Gasteiger partial charge in [0.05, 0.1) is 18.3 Å². The Bertz CT molecular complexity index is 595. The van der Waals surface area contributed by atoms with Gasteiger partial charge in [0.1, 0.15) is 11.6 Å². The molecule has 0 aromatic carbocycles. The Hall–Kier alpha value is -1.72. The first-order valence-corrected chi connectivity index (χ1v) is 7.68. The van der Waals surface area contributed by atoms with Crippen molar-refractivity contribution in [1.29, 1.82) is 0 Å². The van der Waals surface area contributed by atoms with Gasteiger partial charge in [-0.05, 0) is 31.5 Å². The van der Waals surface area contributed by atoms with E-state index in [-0.39, 0.29) is 6.61 Å². The second-order valence-electron chi connectivity index (χ2n) is 5.41. The zero-order valence-electron chi connectivity index (χ0n) is 12.4. The standard InChI is InChI=1S/C16H22N4O/c1-2-15-17-8-10-20(15)16-7-3-5-13(18-16)14-6-4-9-19(14)11-12-21/h3,5,7-8,10,14,21H,2,4,6,9,11-12H2,1H3/t14-/m0/s1. The minimum atomic E-state index is 0.206. The first-order valence-electron chi connectivity index (χ1n) is 7.68. The summed E-state index contributed by atoms with van der Waals surface area (Å²) in [6.45, 7) is 4.07. The van der Waals surface area contributed by atoms with Crippen LogP contribution in [0.15, 0.2) is 30.6 Å². The monoisotopic (exact) mass is 286 g/mol. The predicted octanol–water partition coefficient (Wildman–Crippen LogP) is 1.96. The zero-order chi connectivity index (χ0) is 14.7. The van der Waals surface area contributed by atoms with Crippen molar-refractivity contribution in [3.05, 3.63) is 42.1 Å². The van der Waals surface area contributed by atoms with Crippen LogP contribution in [0.2, 0.25) is 0 Å². The molecular weight excluding hydrogens is 264 g/mol. The van der Waals surface area contributed by atoms with Gasteiger partial charge in [0, 0.05) is 25.4 Å². The Labute approximate surface area is 125 Å². The highest BCUT2D eigenvalue weighted by molar-refractivity contribution is 5.28. The quantitative estimate of drug-likeness (QED) is 0.913. The molecule has 0 unspecified atom stereocenters. The predicted molar refractivity (Wildman–Crippen MR) is 81.4 cm³/mol. The van der Waals surface area contributed by atoms with Gasteiger partial charge >= 0.3 is 0 Å². The number of aliphatic hydroxyl groups excluding tert-OH is 1. The molecule has 1 saturated heterocycles. The van der Waals surface area contributed by atoms with Crippen molar-refractivity contribution in [2.75, 3.05) is 19.7 Å². The lowest BCUT2D eigenvalue weighted by atomic mass is 10.1. The number of rotatable bonds is 5. The number of imidazole rings is 1. The Kier molecular flexibility index (Phi) is 4.31. The molecule has 3 rings (SSSR count). The molecule has 1 atom stereocenters. The first kappa shape index (κ1) is 14.2. The summed E-state index contributed by atoms with van der Waals surface area (Å²) in [4.78, 5) is 11.5. The number of aryl methyl sites for hydroxylation is 1. The fourth-order valence-electron chi connectivity index (χ4n) is 3.12. The van der Waals surface area contributed by atoms with Crippen LogP contribution in [0.25, 0.3) is 5.82 Å². The Morgan fingerprint density at radius 2 is 2.29 bits per heavy atom. The average molecular weight is 286 g/mol. The molecule has 0 amide bonds. The number of pyridine rings is 1. The van der Waals surface area contributed by atoms with Crippen LogP contribution in [0.1, 0.15) is 37.3 Å². The topological polar surface area (TPSA) is 54.2 Å². The fourth-order valence-corrected chi connectivity index (χ4v) is 3.12. The van der Waals surface area contributed by atoms with Crippen molar-refractivity contribution < 1.29 is 5.11 Å². The minimum Gasteiger partial charge on any atom is -0.395 e. The largest absolute Gasteiger partial charge is 0.395 e. The summed E-state index contributed by atoms with van der Waals surface area (Å²) in [5, 5.41) is 9.19. The van der Waals surface area contributed by atoms with Gasteiger partial charge in [-0.25, -0.2) is 9.97 Å². The fraction of sp³-hybridized carbons (Fsp3) is 0.500. The highest BCUT2D eigenvalue weighted by Gasteiger charge is 2.26. The highest BCUT2D eigenvalue weighted by Crippen LogP contribution is 2.30. The van der Waals surface area contributed by atoms with Gasteiger partial charge in [0.2, 0.25) is 0 Å². The molecule has 21 heavy (non-hydrogen) atoms. The van der Waals surface area contributed by atoms with Crippen molar-refractivity contribution in [2.24, 2.45) is 0 Å². The van der Waals surface area contributed by atoms with Crippen molar-refractivity contribution in [1.82, 2.24) is 19.4 Å². The second kappa shape index (κ2) is 6.37. The van der Waals surface area contributed by atoms with Gasteiger partial charge in [-0.1, -0.05) is 13.0 Å². The lowest BCUT2D eigenvalue weighted by Crippen LogP contribution is -2.27. The van der Waals surface area contributed by atoms with Crippen LogP contribution in [0.5, 0.6) is 0 Å². The minimum absolute atomic E-state index is 0.206. The molecule has 0 bridgehead atoms. The van der Waals surface area contributed by atoms with E-state index in [1.807, 2.05) is 18.5 Å². The molecule has 1 fully saturated rings. The van der Waals surface area contributed by atoms with E-state index < -0.39 is 0 Å². The normalized spacial score (nSPS) is 19.2. The summed E-state index contributed by atoms with van der Waals surface area (Å²) in [7, 11) is 0. The molecule has 112 valence electrons. The summed E-state index contributed by atoms with van der Waals surface area (Å²) in [6, 6.07) is 6.50. The summed E-state index contributed by atoms with van der Waals surface area (Å²) >= 11 is 0. The van der Waals surface area contributed by atoms with Crippen LogP contribution in [-0.2, 0) is 6.42 Å². The van der Waals surface area contributed by atoms with Gasteiger partial charge < -0.3 is 5.11 Å². The molecule has 2 aromatic heterocycles. The summed E-state index contributed by atoms with van der Waals surface area (Å²) in [6.07, 6.45) is 6.95. The lowest BCUT2D eigenvalue weighted by Gasteiger charge is -2.23. The maximum atomic E-state index is 9.19. The van der Waals surface area contributed by atoms with Crippen LogP contribution >= 0.6 is 0 Å². The van der Waals surface area contributed by atoms with E-state index in [9.17, 15) is 5.11 Å². The van der Waals surface area contributed by atoms with Gasteiger partial charge in [0.15, 0.2) is 0 Å². The van der Waals surface area contributed by atoms with Crippen LogP contribution in [0.3, 0.4) is 0 Å². The molecule has 5 nitrogen and oxygen atoms in total. The lowest BCUT2D eigenvalue weighted by molar-refractivity contribution is 0.183. The van der Waals surface area contributed by atoms with Gasteiger partial charge in [0.25, 0.3) is 0 Å². The summed E-state index contributed by atoms with van der Waals surface area (Å²) in [5.41, 5.74) is 1.09. The van der Waals surface area contributed by atoms with Crippen molar-refractivity contribution in [3.63, 3.8) is 0 Å². The molecule has 5 heteroatoms. The number of nitrogens with zero attached hydrogens (tertiary/aromatic N) is 4. The van der Waals surface area contributed by atoms with E-state index in [2.05, 4.69) is 33.5 Å². The van der Waals surface area contributed by atoms with E-state index in [1.165, 1.54) is 6.42 Å². The number of β-amino-alcohol motifs (C(OH)–C–C–N with tert-alkyl or cyclic N) is 1. The second-order valence-corrected chi connectivity index (χ2v) is 5.41. The Balaban J connectivity index is 1.90. The van der Waals surface area contributed by atoms with Crippen molar-refractivity contribution in [3.8, 4) is 5.82 Å². The van der Waals surface area contributed by atoms with Crippen molar-refractivity contribution >= 4 is 0 Å². The molecule has 0 aliphatic carbocycles. The van der Waals surface area contributed by atoms with Crippen LogP contribution < -0.4 is 0 Å². The van der Waals surface area contributed by atoms with Gasteiger partial charge in [-0.15, -0.1) is 0 Å². The average Bonchev–Trinajstić information content (AvgIpc) is 3.16. The van der Waals surface area contributed by atoms with E-state index in [4.69, 9.17) is 4.98 Å². The van der Waals surface area contributed by atoms with Crippen LogP contribution in [0, 0.1) is 0 Å². The maximum Gasteiger partial charge on any atom is 0.138 e. The number of likely N-dealkylation sites (tertiary alicyclic amines) is 1. The molecule has 3 heterocycles. The molecule has 1 aliphatic rings.